The lowest BCUT2D eigenvalue weighted by atomic mass is 10.1. The van der Waals surface area contributed by atoms with Gasteiger partial charge in [-0.1, -0.05) is 48.5 Å². The van der Waals surface area contributed by atoms with Crippen molar-refractivity contribution in [3.63, 3.8) is 0 Å². The summed E-state index contributed by atoms with van der Waals surface area (Å²) in [7, 11) is 0. The molecule has 0 saturated carbocycles. The van der Waals surface area contributed by atoms with Crippen molar-refractivity contribution in [2.45, 2.75) is 6.16 Å². The quantitative estimate of drug-likeness (QED) is 0.462. The summed E-state index contributed by atoms with van der Waals surface area (Å²) in [6.07, 6.45) is -1.58. The lowest BCUT2D eigenvalue weighted by molar-refractivity contribution is -0.330. The van der Waals surface area contributed by atoms with Crippen LogP contribution in [0.25, 0.3) is 21.5 Å². The molecule has 4 heteroatoms. The third kappa shape index (κ3) is 1.82. The molecule has 2 aliphatic rings. The molecular weight excluding hydrogens is 316 g/mol. The highest BCUT2D eigenvalue weighted by Crippen LogP contribution is 2.49. The summed E-state index contributed by atoms with van der Waals surface area (Å²) in [5.74, 6) is 2.43. The summed E-state index contributed by atoms with van der Waals surface area (Å²) < 4.78 is 23.6. The van der Waals surface area contributed by atoms with E-state index in [1.807, 2.05) is 72.8 Å². The van der Waals surface area contributed by atoms with Gasteiger partial charge in [-0.2, -0.15) is 0 Å². The molecule has 0 N–H and O–H groups in total. The molecule has 0 saturated heterocycles. The van der Waals surface area contributed by atoms with Crippen LogP contribution >= 0.6 is 0 Å². The standard InChI is InChI=1S/C21H12O4/c1-2-6-14-10-18-17(9-13(14)5-1)22-21(23-18)24-19-11-15-7-3-4-8-16(15)12-20(19)25-21/h1-12H. The molecule has 1 spiro atoms. The van der Waals surface area contributed by atoms with Crippen LogP contribution in [0.5, 0.6) is 23.0 Å². The third-order valence-electron chi connectivity index (χ3n) is 4.56. The van der Waals surface area contributed by atoms with Gasteiger partial charge in [-0.3, -0.25) is 0 Å². The van der Waals surface area contributed by atoms with Crippen molar-refractivity contribution >= 4 is 21.5 Å². The van der Waals surface area contributed by atoms with Gasteiger partial charge in [0.15, 0.2) is 23.0 Å². The highest BCUT2D eigenvalue weighted by molar-refractivity contribution is 5.87. The molecule has 0 unspecified atom stereocenters. The van der Waals surface area contributed by atoms with Crippen LogP contribution in [-0.4, -0.2) is 6.16 Å². The number of hydrogen-bond acceptors (Lipinski definition) is 4. The number of hydrogen-bond donors (Lipinski definition) is 0. The van der Waals surface area contributed by atoms with Crippen molar-refractivity contribution in [2.75, 3.05) is 0 Å². The molecule has 0 aliphatic carbocycles. The summed E-state index contributed by atoms with van der Waals surface area (Å²) in [4.78, 5) is 0. The zero-order valence-corrected chi connectivity index (χ0v) is 13.1. The van der Waals surface area contributed by atoms with Crippen molar-refractivity contribution in [2.24, 2.45) is 0 Å². The van der Waals surface area contributed by atoms with Crippen molar-refractivity contribution in [3.05, 3.63) is 72.8 Å². The van der Waals surface area contributed by atoms with Gasteiger partial charge in [0.05, 0.1) is 0 Å². The van der Waals surface area contributed by atoms with Crippen LogP contribution < -0.4 is 18.9 Å². The molecule has 0 amide bonds. The van der Waals surface area contributed by atoms with Crippen LogP contribution in [0.1, 0.15) is 0 Å². The zero-order chi connectivity index (χ0) is 16.4. The minimum atomic E-state index is -1.58. The van der Waals surface area contributed by atoms with E-state index in [0.29, 0.717) is 23.0 Å². The molecule has 6 rings (SSSR count). The fourth-order valence-corrected chi connectivity index (χ4v) is 3.38. The molecule has 2 aliphatic heterocycles. The largest absolute Gasteiger partial charge is 0.611 e. The Morgan fingerprint density at radius 3 is 1.00 bits per heavy atom. The molecule has 0 atom stereocenters. The number of ether oxygens (including phenoxy) is 4. The van der Waals surface area contributed by atoms with E-state index in [9.17, 15) is 0 Å². The van der Waals surface area contributed by atoms with Gasteiger partial charge >= 0.3 is 6.16 Å². The summed E-state index contributed by atoms with van der Waals surface area (Å²) in [5.41, 5.74) is 0. The first-order chi connectivity index (χ1) is 12.3. The SMILES string of the molecule is c1ccc2cc3c(cc2c1)OC1(O3)Oc2cc3ccccc3cc2O1. The Bertz CT molecular complexity index is 979. The molecule has 25 heavy (non-hydrogen) atoms. The summed E-state index contributed by atoms with van der Waals surface area (Å²) in [5, 5.41) is 4.29. The van der Waals surface area contributed by atoms with Crippen molar-refractivity contribution < 1.29 is 18.9 Å². The van der Waals surface area contributed by atoms with Gasteiger partial charge < -0.3 is 18.9 Å². The maximum Gasteiger partial charge on any atom is 0.611 e. The van der Waals surface area contributed by atoms with E-state index in [2.05, 4.69) is 0 Å². The van der Waals surface area contributed by atoms with Gasteiger partial charge in [0.25, 0.3) is 0 Å². The average molecular weight is 328 g/mol. The number of rotatable bonds is 0. The first-order valence-corrected chi connectivity index (χ1v) is 8.10. The van der Waals surface area contributed by atoms with Crippen molar-refractivity contribution in [1.82, 2.24) is 0 Å². The Hall–Kier alpha value is -3.40. The van der Waals surface area contributed by atoms with E-state index in [-0.39, 0.29) is 0 Å². The monoisotopic (exact) mass is 328 g/mol. The fraction of sp³-hybridized carbons (Fsp3) is 0.0476. The van der Waals surface area contributed by atoms with Crippen molar-refractivity contribution in [1.29, 1.82) is 0 Å². The maximum atomic E-state index is 5.91. The highest BCUT2D eigenvalue weighted by atomic mass is 17.0. The van der Waals surface area contributed by atoms with E-state index in [0.717, 1.165) is 21.5 Å². The van der Waals surface area contributed by atoms with Crippen LogP contribution in [0.3, 0.4) is 0 Å². The molecule has 4 aromatic carbocycles. The van der Waals surface area contributed by atoms with Gasteiger partial charge in [-0.15, -0.1) is 0 Å². The first kappa shape index (κ1) is 13.0. The molecule has 0 fully saturated rings. The Morgan fingerprint density at radius 2 is 0.720 bits per heavy atom. The van der Waals surface area contributed by atoms with E-state index in [1.165, 1.54) is 0 Å². The van der Waals surface area contributed by atoms with Gasteiger partial charge in [0.2, 0.25) is 0 Å². The molecule has 0 aromatic heterocycles. The van der Waals surface area contributed by atoms with Gasteiger partial charge in [0, 0.05) is 0 Å². The molecule has 120 valence electrons. The second-order valence-electron chi connectivity index (χ2n) is 6.20. The topological polar surface area (TPSA) is 36.9 Å². The molecule has 4 nitrogen and oxygen atoms in total. The predicted molar refractivity (Wildman–Crippen MR) is 93.1 cm³/mol. The maximum absolute atomic E-state index is 5.91. The Labute approximate surface area is 143 Å². The molecule has 0 radical (unpaired) electrons. The molecule has 0 bridgehead atoms. The second kappa shape index (κ2) is 4.36. The normalized spacial score (nSPS) is 16.0. The number of fused-ring (bicyclic) bond motifs is 4. The molecule has 4 aromatic rings. The van der Waals surface area contributed by atoms with Crippen LogP contribution in [0, 0.1) is 0 Å². The minimum Gasteiger partial charge on any atom is -0.382 e. The predicted octanol–water partition coefficient (Wildman–Crippen LogP) is 4.85. The van der Waals surface area contributed by atoms with Gasteiger partial charge in [0.1, 0.15) is 0 Å². The van der Waals surface area contributed by atoms with E-state index < -0.39 is 6.16 Å². The van der Waals surface area contributed by atoms with Crippen LogP contribution in [0.15, 0.2) is 72.8 Å². The van der Waals surface area contributed by atoms with Crippen LogP contribution in [-0.2, 0) is 0 Å². The lowest BCUT2D eigenvalue weighted by Crippen LogP contribution is -2.47. The Kier molecular flexibility index (Phi) is 2.26. The van der Waals surface area contributed by atoms with E-state index in [1.54, 1.807) is 0 Å². The smallest absolute Gasteiger partial charge is 0.382 e. The van der Waals surface area contributed by atoms with Crippen LogP contribution in [0.2, 0.25) is 0 Å². The van der Waals surface area contributed by atoms with Crippen LogP contribution in [0.4, 0.5) is 0 Å². The average Bonchev–Trinajstić information content (AvgIpc) is 3.14. The second-order valence-corrected chi connectivity index (χ2v) is 6.20. The molecular formula is C21H12O4. The fourth-order valence-electron chi connectivity index (χ4n) is 3.38. The summed E-state index contributed by atoms with van der Waals surface area (Å²) in [6.45, 7) is 0. The van der Waals surface area contributed by atoms with Gasteiger partial charge in [-0.05, 0) is 45.8 Å². The minimum absolute atomic E-state index is 0.607. The third-order valence-corrected chi connectivity index (χ3v) is 4.56. The highest BCUT2D eigenvalue weighted by Gasteiger charge is 2.54. The van der Waals surface area contributed by atoms with E-state index >= 15 is 0 Å². The van der Waals surface area contributed by atoms with E-state index in [4.69, 9.17) is 18.9 Å². The lowest BCUT2D eigenvalue weighted by Gasteiger charge is -2.17. The first-order valence-electron chi connectivity index (χ1n) is 8.10. The molecule has 2 heterocycles. The summed E-state index contributed by atoms with van der Waals surface area (Å²) in [6, 6.07) is 23.8. The van der Waals surface area contributed by atoms with Crippen molar-refractivity contribution in [3.8, 4) is 23.0 Å². The summed E-state index contributed by atoms with van der Waals surface area (Å²) >= 11 is 0. The Balaban J connectivity index is 1.43. The zero-order valence-electron chi connectivity index (χ0n) is 13.1. The Morgan fingerprint density at radius 1 is 0.440 bits per heavy atom. The van der Waals surface area contributed by atoms with Gasteiger partial charge in [-0.25, -0.2) is 0 Å². The number of benzene rings is 4.